The van der Waals surface area contributed by atoms with Gasteiger partial charge >= 0.3 is 6.30 Å². The molecule has 1 unspecified atom stereocenters. The highest BCUT2D eigenvalue weighted by molar-refractivity contribution is 5.86. The van der Waals surface area contributed by atoms with Gasteiger partial charge < -0.3 is 5.73 Å². The zero-order chi connectivity index (χ0) is 9.35. The molecule has 0 radical (unpaired) electrons. The first-order chi connectivity index (χ1) is 5.43. The van der Waals surface area contributed by atoms with Crippen molar-refractivity contribution in [1.82, 2.24) is 5.01 Å². The third-order valence-corrected chi connectivity index (χ3v) is 1.45. The van der Waals surface area contributed by atoms with Gasteiger partial charge in [0.25, 0.3) is 0 Å². The Balaban J connectivity index is 2.76. The highest BCUT2D eigenvalue weighted by Gasteiger charge is 2.44. The number of rotatable bonds is 1. The normalized spacial score (nSPS) is 23.2. The van der Waals surface area contributed by atoms with Crippen LogP contribution in [0.4, 0.5) is 13.2 Å². The molecular formula is C5H7F3N4. The number of hydrogen-bond acceptors (Lipinski definition) is 3. The molecule has 7 heteroatoms. The average Bonchev–Trinajstić information content (AvgIpc) is 2.30. The van der Waals surface area contributed by atoms with Crippen molar-refractivity contribution in [3.05, 3.63) is 0 Å². The Bertz CT molecular complexity index is 221. The Morgan fingerprint density at radius 3 is 2.58 bits per heavy atom. The van der Waals surface area contributed by atoms with Gasteiger partial charge in [0.1, 0.15) is 11.9 Å². The number of nitrogens with one attached hydrogen (secondary N) is 1. The standard InChI is InChI=1S/C5H7F3N4/c6-5(7,8)12-3(4(9)10)1-2-11-12/h2-3H,1H2,(H3,9,10). The Morgan fingerprint density at radius 1 is 1.67 bits per heavy atom. The third kappa shape index (κ3) is 1.49. The van der Waals surface area contributed by atoms with E-state index in [-0.39, 0.29) is 11.4 Å². The molecule has 1 rings (SSSR count). The molecule has 0 fully saturated rings. The summed E-state index contributed by atoms with van der Waals surface area (Å²) in [5.41, 5.74) is 4.95. The van der Waals surface area contributed by atoms with Crippen LogP contribution in [0.25, 0.3) is 0 Å². The van der Waals surface area contributed by atoms with Gasteiger partial charge in [0.15, 0.2) is 0 Å². The van der Waals surface area contributed by atoms with Gasteiger partial charge in [-0.25, -0.2) is 0 Å². The van der Waals surface area contributed by atoms with Crippen LogP contribution in [0.15, 0.2) is 5.10 Å². The zero-order valence-corrected chi connectivity index (χ0v) is 5.97. The van der Waals surface area contributed by atoms with E-state index in [1.54, 1.807) is 0 Å². The van der Waals surface area contributed by atoms with Crippen LogP contribution in [0.5, 0.6) is 0 Å². The quantitative estimate of drug-likeness (QED) is 0.350. The van der Waals surface area contributed by atoms with Gasteiger partial charge in [-0.1, -0.05) is 0 Å². The highest BCUT2D eigenvalue weighted by Crippen LogP contribution is 2.27. The second-order valence-corrected chi connectivity index (χ2v) is 2.32. The first kappa shape index (κ1) is 8.82. The Hall–Kier alpha value is -1.27. The van der Waals surface area contributed by atoms with Gasteiger partial charge in [0.05, 0.1) is 0 Å². The molecule has 0 aromatic heterocycles. The maximum absolute atomic E-state index is 12.0. The molecule has 0 aliphatic carbocycles. The lowest BCUT2D eigenvalue weighted by Crippen LogP contribution is -2.45. The summed E-state index contributed by atoms with van der Waals surface area (Å²) >= 11 is 0. The van der Waals surface area contributed by atoms with Crippen LogP contribution < -0.4 is 5.73 Å². The van der Waals surface area contributed by atoms with Crippen LogP contribution in [-0.4, -0.2) is 29.4 Å². The van der Waals surface area contributed by atoms with Crippen molar-refractivity contribution in [1.29, 1.82) is 5.41 Å². The Kier molecular flexibility index (Phi) is 1.95. The molecule has 12 heavy (non-hydrogen) atoms. The fourth-order valence-corrected chi connectivity index (χ4v) is 0.916. The van der Waals surface area contributed by atoms with E-state index in [1.807, 2.05) is 0 Å². The predicted octanol–water partition coefficient (Wildman–Crippen LogP) is 0.502. The summed E-state index contributed by atoms with van der Waals surface area (Å²) in [6.45, 7) is 0. The number of alkyl halides is 3. The second-order valence-electron chi connectivity index (χ2n) is 2.32. The molecule has 68 valence electrons. The van der Waals surface area contributed by atoms with E-state index < -0.39 is 18.2 Å². The van der Waals surface area contributed by atoms with Crippen molar-refractivity contribution >= 4 is 12.1 Å². The molecule has 1 aliphatic rings. The first-order valence-electron chi connectivity index (χ1n) is 3.15. The lowest BCUT2D eigenvalue weighted by atomic mass is 10.2. The summed E-state index contributed by atoms with van der Waals surface area (Å²) in [5.74, 6) is -0.523. The summed E-state index contributed by atoms with van der Waals surface area (Å²) in [4.78, 5) is 0. The number of nitrogens with zero attached hydrogens (tertiary/aromatic N) is 2. The van der Waals surface area contributed by atoms with Gasteiger partial charge in [-0.05, 0) is 0 Å². The lowest BCUT2D eigenvalue weighted by Gasteiger charge is -2.24. The van der Waals surface area contributed by atoms with Gasteiger partial charge in [0.2, 0.25) is 0 Å². The third-order valence-electron chi connectivity index (χ3n) is 1.45. The topological polar surface area (TPSA) is 65.5 Å². The molecule has 1 heterocycles. The molecule has 1 atom stereocenters. The molecule has 0 amide bonds. The van der Waals surface area contributed by atoms with E-state index in [2.05, 4.69) is 5.10 Å². The first-order valence-corrected chi connectivity index (χ1v) is 3.15. The summed E-state index contributed by atoms with van der Waals surface area (Å²) in [6, 6.07) is -1.16. The summed E-state index contributed by atoms with van der Waals surface area (Å²) in [7, 11) is 0. The van der Waals surface area contributed by atoms with Crippen LogP contribution >= 0.6 is 0 Å². The fourth-order valence-electron chi connectivity index (χ4n) is 0.916. The van der Waals surface area contributed by atoms with Crippen molar-refractivity contribution in [2.45, 2.75) is 18.8 Å². The summed E-state index contributed by atoms with van der Waals surface area (Å²) < 4.78 is 36.1. The molecular weight excluding hydrogens is 173 g/mol. The minimum atomic E-state index is -4.55. The maximum Gasteiger partial charge on any atom is 0.501 e. The molecule has 0 saturated heterocycles. The van der Waals surface area contributed by atoms with E-state index in [0.717, 1.165) is 6.21 Å². The Morgan fingerprint density at radius 2 is 2.25 bits per heavy atom. The minimum absolute atomic E-state index is 0.0366. The van der Waals surface area contributed by atoms with Crippen LogP contribution in [0.1, 0.15) is 6.42 Å². The molecule has 3 N–H and O–H groups in total. The van der Waals surface area contributed by atoms with E-state index in [4.69, 9.17) is 11.1 Å². The Labute approximate surface area is 66.3 Å². The van der Waals surface area contributed by atoms with E-state index in [9.17, 15) is 13.2 Å². The largest absolute Gasteiger partial charge is 0.501 e. The van der Waals surface area contributed by atoms with Crippen LogP contribution in [-0.2, 0) is 0 Å². The van der Waals surface area contributed by atoms with Crippen molar-refractivity contribution in [3.63, 3.8) is 0 Å². The van der Waals surface area contributed by atoms with Crippen molar-refractivity contribution in [2.75, 3.05) is 0 Å². The van der Waals surface area contributed by atoms with Crippen LogP contribution in [0.2, 0.25) is 0 Å². The van der Waals surface area contributed by atoms with Crippen LogP contribution in [0, 0.1) is 5.41 Å². The predicted molar refractivity (Wildman–Crippen MR) is 36.7 cm³/mol. The zero-order valence-electron chi connectivity index (χ0n) is 5.97. The summed E-state index contributed by atoms with van der Waals surface area (Å²) in [6.07, 6.45) is -3.42. The molecule has 0 saturated carbocycles. The molecule has 0 aromatic carbocycles. The molecule has 0 bridgehead atoms. The number of hydrogen-bond donors (Lipinski definition) is 2. The average molecular weight is 180 g/mol. The van der Waals surface area contributed by atoms with Gasteiger partial charge in [0, 0.05) is 12.6 Å². The monoisotopic (exact) mass is 180 g/mol. The second kappa shape index (κ2) is 2.65. The molecule has 4 nitrogen and oxygen atoms in total. The van der Waals surface area contributed by atoms with Crippen molar-refractivity contribution < 1.29 is 13.2 Å². The smallest absolute Gasteiger partial charge is 0.386 e. The number of nitrogens with two attached hydrogens (primary N) is 1. The number of halogens is 3. The van der Waals surface area contributed by atoms with E-state index in [0.29, 0.717) is 0 Å². The van der Waals surface area contributed by atoms with Gasteiger partial charge in [-0.2, -0.15) is 10.1 Å². The SMILES string of the molecule is N=C(N)C1CC=NN1C(F)(F)F. The van der Waals surface area contributed by atoms with Gasteiger partial charge in [-0.15, -0.1) is 13.2 Å². The van der Waals surface area contributed by atoms with Crippen molar-refractivity contribution in [3.8, 4) is 0 Å². The van der Waals surface area contributed by atoms with Gasteiger partial charge in [-0.3, -0.25) is 5.41 Å². The van der Waals surface area contributed by atoms with Crippen molar-refractivity contribution in [2.24, 2.45) is 10.8 Å². The number of amidine groups is 1. The summed E-state index contributed by atoms with van der Waals surface area (Å²) in [5, 5.41) is 9.81. The number of hydrazone groups is 1. The fraction of sp³-hybridized carbons (Fsp3) is 0.600. The maximum atomic E-state index is 12.0. The molecule has 0 spiro atoms. The molecule has 1 aliphatic heterocycles. The molecule has 0 aromatic rings. The highest BCUT2D eigenvalue weighted by atomic mass is 19.4. The minimum Gasteiger partial charge on any atom is -0.386 e. The van der Waals surface area contributed by atoms with E-state index >= 15 is 0 Å². The van der Waals surface area contributed by atoms with E-state index in [1.165, 1.54) is 0 Å². The lowest BCUT2D eigenvalue weighted by molar-refractivity contribution is -0.248. The van der Waals surface area contributed by atoms with Crippen LogP contribution in [0.3, 0.4) is 0 Å².